The van der Waals surface area contributed by atoms with Gasteiger partial charge in [0, 0.05) is 6.04 Å². The Labute approximate surface area is 156 Å². The van der Waals surface area contributed by atoms with Gasteiger partial charge < -0.3 is 10.2 Å². The van der Waals surface area contributed by atoms with Crippen molar-refractivity contribution in [1.82, 2.24) is 9.62 Å². The molecule has 0 unspecified atom stereocenters. The molecular weight excluding hydrogens is 350 g/mol. The first-order valence-electron chi connectivity index (χ1n) is 9.66. The molecule has 1 saturated carbocycles. The van der Waals surface area contributed by atoms with Crippen LogP contribution in [0.3, 0.4) is 0 Å². The van der Waals surface area contributed by atoms with E-state index in [1.54, 1.807) is 16.4 Å². The summed E-state index contributed by atoms with van der Waals surface area (Å²) in [4.78, 5) is 13.7. The molecule has 1 aromatic rings. The highest BCUT2D eigenvalue weighted by molar-refractivity contribution is 7.89. The molecule has 1 saturated heterocycles. The zero-order chi connectivity index (χ0) is 18.7. The maximum atomic E-state index is 12.9. The molecule has 7 heteroatoms. The van der Waals surface area contributed by atoms with Gasteiger partial charge in [-0.05, 0) is 43.9 Å². The lowest BCUT2D eigenvalue weighted by Crippen LogP contribution is -3.19. The monoisotopic (exact) mass is 380 g/mol. The molecule has 1 aliphatic carbocycles. The number of hydrogen-bond acceptors (Lipinski definition) is 3. The van der Waals surface area contributed by atoms with Gasteiger partial charge in [-0.1, -0.05) is 25.5 Å². The standard InChI is InChI=1S/C19H29N3O3S/c1-3-4-16-5-9-18(10-6-16)26(24,25)22-13-11-21(12-14-22)15(2)19(23)20-17-7-8-17/h5-6,9-10,15,17H,3-4,7-8,11-14H2,1-2H3,(H,20,23)/p+1/t15-/m0/s1. The van der Waals surface area contributed by atoms with Crippen molar-refractivity contribution in [2.45, 2.75) is 56.5 Å². The van der Waals surface area contributed by atoms with Crippen LogP contribution >= 0.6 is 0 Å². The van der Waals surface area contributed by atoms with Crippen molar-refractivity contribution in [1.29, 1.82) is 0 Å². The minimum atomic E-state index is -3.45. The Morgan fingerprint density at radius 3 is 2.38 bits per heavy atom. The Morgan fingerprint density at radius 2 is 1.85 bits per heavy atom. The van der Waals surface area contributed by atoms with Gasteiger partial charge in [-0.2, -0.15) is 4.31 Å². The van der Waals surface area contributed by atoms with Crippen LogP contribution in [0.4, 0.5) is 0 Å². The number of piperazine rings is 1. The van der Waals surface area contributed by atoms with Crippen molar-refractivity contribution in [2.24, 2.45) is 0 Å². The summed E-state index contributed by atoms with van der Waals surface area (Å²) >= 11 is 0. The summed E-state index contributed by atoms with van der Waals surface area (Å²) in [6.45, 7) is 6.27. The van der Waals surface area contributed by atoms with Crippen LogP contribution in [0.2, 0.25) is 0 Å². The van der Waals surface area contributed by atoms with E-state index in [-0.39, 0.29) is 11.9 Å². The molecule has 2 N–H and O–H groups in total. The quantitative estimate of drug-likeness (QED) is 0.710. The van der Waals surface area contributed by atoms with Gasteiger partial charge >= 0.3 is 0 Å². The molecular formula is C19H30N3O3S+. The van der Waals surface area contributed by atoms with E-state index < -0.39 is 10.0 Å². The van der Waals surface area contributed by atoms with Crippen LogP contribution in [-0.2, 0) is 21.2 Å². The molecule has 1 amide bonds. The number of benzene rings is 1. The Bertz CT molecular complexity index is 721. The third kappa shape index (κ3) is 4.45. The molecule has 6 nitrogen and oxygen atoms in total. The SMILES string of the molecule is CCCc1ccc(S(=O)(=O)N2CC[NH+]([C@@H](C)C(=O)NC3CC3)CC2)cc1. The number of aryl methyl sites for hydroxylation is 1. The normalized spacial score (nSPS) is 20.7. The van der Waals surface area contributed by atoms with Crippen LogP contribution in [0, 0.1) is 0 Å². The number of amides is 1. The van der Waals surface area contributed by atoms with Crippen molar-refractivity contribution in [3.8, 4) is 0 Å². The first-order chi connectivity index (χ1) is 12.4. The van der Waals surface area contributed by atoms with Crippen LogP contribution in [0.5, 0.6) is 0 Å². The number of carbonyl (C=O) groups excluding carboxylic acids is 1. The lowest BCUT2D eigenvalue weighted by atomic mass is 10.1. The Kier molecular flexibility index (Phi) is 5.99. The lowest BCUT2D eigenvalue weighted by molar-refractivity contribution is -0.917. The maximum absolute atomic E-state index is 12.9. The fraction of sp³-hybridized carbons (Fsp3) is 0.632. The maximum Gasteiger partial charge on any atom is 0.278 e. The minimum Gasteiger partial charge on any atom is -0.348 e. The van der Waals surface area contributed by atoms with Crippen molar-refractivity contribution in [2.75, 3.05) is 26.2 Å². The first-order valence-corrected chi connectivity index (χ1v) is 11.1. The molecule has 0 bridgehead atoms. The van der Waals surface area contributed by atoms with Gasteiger partial charge in [0.05, 0.1) is 31.1 Å². The van der Waals surface area contributed by atoms with Gasteiger partial charge in [0.15, 0.2) is 6.04 Å². The highest BCUT2D eigenvalue weighted by Gasteiger charge is 2.35. The molecule has 26 heavy (non-hydrogen) atoms. The summed E-state index contributed by atoms with van der Waals surface area (Å²) in [5.74, 6) is 0.0883. The summed E-state index contributed by atoms with van der Waals surface area (Å²) in [6.07, 6.45) is 4.17. The Balaban J connectivity index is 1.58. The molecule has 3 rings (SSSR count). The van der Waals surface area contributed by atoms with Gasteiger partial charge in [-0.25, -0.2) is 8.42 Å². The molecule has 2 fully saturated rings. The van der Waals surface area contributed by atoms with Gasteiger partial charge in [-0.3, -0.25) is 4.79 Å². The van der Waals surface area contributed by atoms with Gasteiger partial charge in [0.1, 0.15) is 0 Å². The van der Waals surface area contributed by atoms with Crippen LogP contribution in [-0.4, -0.2) is 56.9 Å². The topological polar surface area (TPSA) is 70.9 Å². The van der Waals surface area contributed by atoms with E-state index in [0.29, 0.717) is 37.1 Å². The zero-order valence-electron chi connectivity index (χ0n) is 15.7. The molecule has 0 aromatic heterocycles. The summed E-state index contributed by atoms with van der Waals surface area (Å²) in [5, 5.41) is 3.04. The summed E-state index contributed by atoms with van der Waals surface area (Å²) in [5.41, 5.74) is 1.16. The molecule has 2 aliphatic rings. The molecule has 1 aromatic carbocycles. The second-order valence-corrected chi connectivity index (χ2v) is 9.40. The van der Waals surface area contributed by atoms with Crippen molar-refractivity contribution in [3.63, 3.8) is 0 Å². The Morgan fingerprint density at radius 1 is 1.23 bits per heavy atom. The van der Waals surface area contributed by atoms with Crippen LogP contribution in [0.25, 0.3) is 0 Å². The van der Waals surface area contributed by atoms with Gasteiger partial charge in [0.25, 0.3) is 5.91 Å². The van der Waals surface area contributed by atoms with Gasteiger partial charge in [0.2, 0.25) is 10.0 Å². The predicted molar refractivity (Wildman–Crippen MR) is 101 cm³/mol. The van der Waals surface area contributed by atoms with Crippen molar-refractivity contribution < 1.29 is 18.1 Å². The molecule has 0 spiro atoms. The highest BCUT2D eigenvalue weighted by atomic mass is 32.2. The number of sulfonamides is 1. The zero-order valence-corrected chi connectivity index (χ0v) is 16.5. The van der Waals surface area contributed by atoms with E-state index in [9.17, 15) is 13.2 Å². The third-order valence-corrected chi connectivity index (χ3v) is 7.31. The van der Waals surface area contributed by atoms with Crippen LogP contribution in [0.1, 0.15) is 38.7 Å². The van der Waals surface area contributed by atoms with E-state index >= 15 is 0 Å². The average Bonchev–Trinajstić information content (AvgIpc) is 3.46. The number of carbonyl (C=O) groups is 1. The van der Waals surface area contributed by atoms with Crippen molar-refractivity contribution in [3.05, 3.63) is 29.8 Å². The summed E-state index contributed by atoms with van der Waals surface area (Å²) < 4.78 is 27.3. The molecule has 1 aliphatic heterocycles. The molecule has 0 radical (unpaired) electrons. The van der Waals surface area contributed by atoms with E-state index in [2.05, 4.69) is 12.2 Å². The minimum absolute atomic E-state index is 0.0883. The fourth-order valence-electron chi connectivity index (χ4n) is 3.45. The summed E-state index contributed by atoms with van der Waals surface area (Å²) in [7, 11) is -3.45. The van der Waals surface area contributed by atoms with Crippen molar-refractivity contribution >= 4 is 15.9 Å². The summed E-state index contributed by atoms with van der Waals surface area (Å²) in [6, 6.07) is 7.47. The van der Waals surface area contributed by atoms with Crippen LogP contribution < -0.4 is 10.2 Å². The van der Waals surface area contributed by atoms with E-state index in [0.717, 1.165) is 36.1 Å². The lowest BCUT2D eigenvalue weighted by Gasteiger charge is -2.34. The second kappa shape index (κ2) is 8.06. The predicted octanol–water partition coefficient (Wildman–Crippen LogP) is 0.195. The fourth-order valence-corrected chi connectivity index (χ4v) is 4.89. The third-order valence-electron chi connectivity index (χ3n) is 5.39. The number of quaternary nitrogens is 1. The Hall–Kier alpha value is -1.44. The van der Waals surface area contributed by atoms with Crippen LogP contribution in [0.15, 0.2) is 29.2 Å². The number of nitrogens with zero attached hydrogens (tertiary/aromatic N) is 1. The number of nitrogens with one attached hydrogen (secondary N) is 2. The number of hydrogen-bond donors (Lipinski definition) is 2. The van der Waals surface area contributed by atoms with E-state index in [1.807, 2.05) is 19.1 Å². The average molecular weight is 381 g/mol. The van der Waals surface area contributed by atoms with E-state index in [1.165, 1.54) is 0 Å². The molecule has 1 atom stereocenters. The molecule has 1 heterocycles. The first kappa shape index (κ1) is 19.3. The largest absolute Gasteiger partial charge is 0.348 e. The smallest absolute Gasteiger partial charge is 0.278 e. The molecule has 144 valence electrons. The number of rotatable bonds is 7. The second-order valence-electron chi connectivity index (χ2n) is 7.46. The highest BCUT2D eigenvalue weighted by Crippen LogP contribution is 2.19. The van der Waals surface area contributed by atoms with Gasteiger partial charge in [-0.15, -0.1) is 0 Å². The van der Waals surface area contributed by atoms with E-state index in [4.69, 9.17) is 0 Å².